The van der Waals surface area contributed by atoms with E-state index in [1.165, 1.54) is 23.7 Å². The Balaban J connectivity index is 1.83. The average molecular weight is 500 g/mol. The normalized spacial score (nSPS) is 13.9. The summed E-state index contributed by atoms with van der Waals surface area (Å²) < 4.78 is 23.3. The summed E-state index contributed by atoms with van der Waals surface area (Å²) in [4.78, 5) is 30.9. The molecule has 2 aromatic heterocycles. The average Bonchev–Trinajstić information content (AvgIpc) is 3.31. The van der Waals surface area contributed by atoms with Crippen LogP contribution in [0, 0.1) is 5.92 Å². The number of nitrogens with zero attached hydrogens (tertiary/aromatic N) is 5. The molecule has 4 rings (SSSR count). The number of carbonyl (C=O) groups excluding carboxylic acids is 1. The molecule has 0 saturated carbocycles. The molecule has 1 saturated heterocycles. The van der Waals surface area contributed by atoms with Gasteiger partial charge in [0, 0.05) is 13.0 Å². The Morgan fingerprint density at radius 3 is 2.50 bits per heavy atom. The first-order chi connectivity index (χ1) is 17.3. The van der Waals surface area contributed by atoms with Crippen LogP contribution in [-0.2, 0) is 22.5 Å². The van der Waals surface area contributed by atoms with Crippen molar-refractivity contribution >= 4 is 5.91 Å². The SMILES string of the molecule is COc1cccc(OC)c1-n1c(CCC(C)C)nc(=O)c(-c2nnc(CN3CCOCC3=O)o2)c1O. The lowest BCUT2D eigenvalue weighted by Gasteiger charge is -2.25. The summed E-state index contributed by atoms with van der Waals surface area (Å²) in [5.41, 5.74) is -0.594. The summed E-state index contributed by atoms with van der Waals surface area (Å²) in [6.07, 6.45) is 1.14. The van der Waals surface area contributed by atoms with E-state index in [1.54, 1.807) is 18.2 Å². The fourth-order valence-electron chi connectivity index (χ4n) is 3.91. The number of benzene rings is 1. The maximum absolute atomic E-state index is 13.1. The molecule has 192 valence electrons. The van der Waals surface area contributed by atoms with Gasteiger partial charge in [0.15, 0.2) is 5.56 Å². The molecule has 0 unspecified atom stereocenters. The summed E-state index contributed by atoms with van der Waals surface area (Å²) in [6.45, 7) is 4.94. The van der Waals surface area contributed by atoms with Gasteiger partial charge in [0.05, 0.1) is 27.4 Å². The topological polar surface area (TPSA) is 142 Å². The molecule has 0 bridgehead atoms. The van der Waals surface area contributed by atoms with Gasteiger partial charge in [0.1, 0.15) is 29.6 Å². The van der Waals surface area contributed by atoms with Crippen molar-refractivity contribution in [2.45, 2.75) is 33.2 Å². The first-order valence-corrected chi connectivity index (χ1v) is 11.6. The molecular formula is C24H29N5O7. The zero-order chi connectivity index (χ0) is 25.8. The zero-order valence-corrected chi connectivity index (χ0v) is 20.7. The Bertz CT molecular complexity index is 1280. The number of para-hydroxylation sites is 1. The molecule has 0 atom stereocenters. The van der Waals surface area contributed by atoms with Gasteiger partial charge in [0.25, 0.3) is 11.4 Å². The van der Waals surface area contributed by atoms with E-state index in [2.05, 4.69) is 29.0 Å². The maximum Gasteiger partial charge on any atom is 0.289 e. The molecule has 0 spiro atoms. The van der Waals surface area contributed by atoms with Crippen LogP contribution in [0.4, 0.5) is 0 Å². The Morgan fingerprint density at radius 2 is 1.86 bits per heavy atom. The van der Waals surface area contributed by atoms with Gasteiger partial charge in [-0.05, 0) is 24.5 Å². The summed E-state index contributed by atoms with van der Waals surface area (Å²) in [5.74, 6) is 0.741. The minimum atomic E-state index is -0.714. The number of aromatic nitrogens is 4. The summed E-state index contributed by atoms with van der Waals surface area (Å²) in [6, 6.07) is 5.18. The first-order valence-electron chi connectivity index (χ1n) is 11.6. The van der Waals surface area contributed by atoms with Crippen LogP contribution >= 0.6 is 0 Å². The standard InChI is InChI=1S/C24H29N5O7/c1-14(2)8-9-17-25-22(31)20(23-27-26-18(36-23)12-28-10-11-35-13-19(28)30)24(32)29(17)21-15(33-3)6-5-7-16(21)34-4/h5-7,14,32H,8-13H2,1-4H3. The number of methoxy groups -OCH3 is 2. The van der Waals surface area contributed by atoms with Crippen molar-refractivity contribution in [2.24, 2.45) is 5.92 Å². The van der Waals surface area contributed by atoms with Gasteiger partial charge in [-0.25, -0.2) is 0 Å². The van der Waals surface area contributed by atoms with Crippen LogP contribution in [0.3, 0.4) is 0 Å². The summed E-state index contributed by atoms with van der Waals surface area (Å²) in [7, 11) is 2.99. The predicted molar refractivity (Wildman–Crippen MR) is 127 cm³/mol. The predicted octanol–water partition coefficient (Wildman–Crippen LogP) is 1.95. The Hall–Kier alpha value is -3.93. The van der Waals surface area contributed by atoms with Gasteiger partial charge in [-0.2, -0.15) is 4.98 Å². The number of amides is 1. The highest BCUT2D eigenvalue weighted by molar-refractivity contribution is 5.77. The first kappa shape index (κ1) is 25.2. The molecule has 1 aromatic carbocycles. The summed E-state index contributed by atoms with van der Waals surface area (Å²) in [5, 5.41) is 19.4. The van der Waals surface area contributed by atoms with Crippen LogP contribution < -0.4 is 15.0 Å². The van der Waals surface area contributed by atoms with Crippen LogP contribution in [0.15, 0.2) is 27.4 Å². The molecule has 12 nitrogen and oxygen atoms in total. The van der Waals surface area contributed by atoms with Crippen molar-refractivity contribution in [3.8, 4) is 34.5 Å². The molecule has 1 fully saturated rings. The minimum absolute atomic E-state index is 0.0189. The third-order valence-electron chi connectivity index (χ3n) is 5.80. The largest absolute Gasteiger partial charge is 0.494 e. The molecular weight excluding hydrogens is 470 g/mol. The molecule has 12 heteroatoms. The number of aromatic hydroxyl groups is 1. The molecule has 3 aromatic rings. The molecule has 1 N–H and O–H groups in total. The monoisotopic (exact) mass is 499 g/mol. The summed E-state index contributed by atoms with van der Waals surface area (Å²) >= 11 is 0. The van der Waals surface area contributed by atoms with Gasteiger partial charge in [-0.15, -0.1) is 10.2 Å². The minimum Gasteiger partial charge on any atom is -0.494 e. The third kappa shape index (κ3) is 5.03. The van der Waals surface area contributed by atoms with Gasteiger partial charge >= 0.3 is 0 Å². The highest BCUT2D eigenvalue weighted by Crippen LogP contribution is 2.38. The van der Waals surface area contributed by atoms with E-state index < -0.39 is 11.4 Å². The lowest BCUT2D eigenvalue weighted by molar-refractivity contribution is -0.143. The van der Waals surface area contributed by atoms with E-state index >= 15 is 0 Å². The molecule has 1 amide bonds. The van der Waals surface area contributed by atoms with Crippen molar-refractivity contribution in [3.63, 3.8) is 0 Å². The smallest absolute Gasteiger partial charge is 0.289 e. The maximum atomic E-state index is 13.1. The fraction of sp³-hybridized carbons (Fsp3) is 0.458. The number of carbonyl (C=O) groups is 1. The van der Waals surface area contributed by atoms with E-state index in [1.807, 2.05) is 0 Å². The quantitative estimate of drug-likeness (QED) is 0.464. The lowest BCUT2D eigenvalue weighted by atomic mass is 10.1. The Labute approximate surface area is 207 Å². The van der Waals surface area contributed by atoms with Crippen molar-refractivity contribution in [2.75, 3.05) is 34.0 Å². The zero-order valence-electron chi connectivity index (χ0n) is 20.7. The number of ether oxygens (including phenoxy) is 3. The number of aryl methyl sites for hydroxylation is 1. The van der Waals surface area contributed by atoms with Crippen LogP contribution in [0.1, 0.15) is 32.0 Å². The molecule has 0 aliphatic carbocycles. The second kappa shape index (κ2) is 10.8. The van der Waals surface area contributed by atoms with E-state index in [0.29, 0.717) is 48.5 Å². The van der Waals surface area contributed by atoms with E-state index in [4.69, 9.17) is 18.6 Å². The lowest BCUT2D eigenvalue weighted by Crippen LogP contribution is -2.41. The van der Waals surface area contributed by atoms with Crippen molar-refractivity contribution in [1.82, 2.24) is 24.6 Å². The van der Waals surface area contributed by atoms with Gasteiger partial charge in [0.2, 0.25) is 17.7 Å². The van der Waals surface area contributed by atoms with Crippen LogP contribution in [0.5, 0.6) is 17.4 Å². The number of morpholine rings is 1. The fourth-order valence-corrected chi connectivity index (χ4v) is 3.91. The van der Waals surface area contributed by atoms with Crippen molar-refractivity contribution < 1.29 is 28.5 Å². The van der Waals surface area contributed by atoms with E-state index in [0.717, 1.165) is 6.42 Å². The van der Waals surface area contributed by atoms with Crippen LogP contribution in [0.25, 0.3) is 17.1 Å². The number of rotatable bonds is 9. The molecule has 1 aliphatic heterocycles. The highest BCUT2D eigenvalue weighted by Gasteiger charge is 2.28. The number of hydrogen-bond acceptors (Lipinski definition) is 10. The van der Waals surface area contributed by atoms with E-state index in [-0.39, 0.29) is 36.4 Å². The van der Waals surface area contributed by atoms with E-state index in [9.17, 15) is 14.7 Å². The second-order valence-corrected chi connectivity index (χ2v) is 8.68. The van der Waals surface area contributed by atoms with Gasteiger partial charge in [-0.3, -0.25) is 14.2 Å². The van der Waals surface area contributed by atoms with Gasteiger partial charge in [-0.1, -0.05) is 19.9 Å². The van der Waals surface area contributed by atoms with Crippen molar-refractivity contribution in [1.29, 1.82) is 0 Å². The van der Waals surface area contributed by atoms with Gasteiger partial charge < -0.3 is 28.6 Å². The second-order valence-electron chi connectivity index (χ2n) is 8.68. The molecule has 3 heterocycles. The van der Waals surface area contributed by atoms with Crippen LogP contribution in [0.2, 0.25) is 0 Å². The molecule has 36 heavy (non-hydrogen) atoms. The van der Waals surface area contributed by atoms with Crippen molar-refractivity contribution in [3.05, 3.63) is 40.3 Å². The number of hydrogen-bond donors (Lipinski definition) is 1. The highest BCUT2D eigenvalue weighted by atomic mass is 16.5. The molecule has 1 aliphatic rings. The Kier molecular flexibility index (Phi) is 7.53. The Morgan fingerprint density at radius 1 is 1.14 bits per heavy atom. The third-order valence-corrected chi connectivity index (χ3v) is 5.80. The molecule has 0 radical (unpaired) electrons. The van der Waals surface area contributed by atoms with Crippen LogP contribution in [-0.4, -0.2) is 69.6 Å².